The third kappa shape index (κ3) is 2.84. The van der Waals surface area contributed by atoms with Gasteiger partial charge in [0.05, 0.1) is 0 Å². The maximum Gasteiger partial charge on any atom is 0.325 e. The zero-order valence-electron chi connectivity index (χ0n) is 11.4. The van der Waals surface area contributed by atoms with Gasteiger partial charge in [0.2, 0.25) is 0 Å². The molecule has 1 saturated carbocycles. The number of nitrogens with two attached hydrogens (primary N) is 1. The van der Waals surface area contributed by atoms with Crippen molar-refractivity contribution in [2.24, 2.45) is 11.7 Å². The summed E-state index contributed by atoms with van der Waals surface area (Å²) in [5.41, 5.74) is 5.10. The van der Waals surface area contributed by atoms with Gasteiger partial charge in [0.1, 0.15) is 5.54 Å². The first-order valence-electron chi connectivity index (χ1n) is 6.84. The molecule has 1 heterocycles. The molecule has 1 atom stereocenters. The van der Waals surface area contributed by atoms with E-state index >= 15 is 0 Å². The van der Waals surface area contributed by atoms with Gasteiger partial charge >= 0.3 is 5.97 Å². The Labute approximate surface area is 109 Å². The SMILES string of the molecule is CN(C)C1CCN(CC(N)(C(=O)O)C2CC2)CC1. The highest BCUT2D eigenvalue weighted by molar-refractivity contribution is 5.79. The lowest BCUT2D eigenvalue weighted by Crippen LogP contribution is -2.59. The average Bonchev–Trinajstić information content (AvgIpc) is 3.13. The van der Waals surface area contributed by atoms with Crippen molar-refractivity contribution in [1.29, 1.82) is 0 Å². The third-order valence-corrected chi connectivity index (χ3v) is 4.48. The van der Waals surface area contributed by atoms with Crippen LogP contribution in [-0.4, -0.2) is 66.2 Å². The molecule has 0 amide bonds. The molecule has 0 aromatic carbocycles. The highest BCUT2D eigenvalue weighted by Gasteiger charge is 2.49. The van der Waals surface area contributed by atoms with Crippen molar-refractivity contribution < 1.29 is 9.90 Å². The van der Waals surface area contributed by atoms with Crippen molar-refractivity contribution in [3.63, 3.8) is 0 Å². The van der Waals surface area contributed by atoms with Crippen LogP contribution in [0.5, 0.6) is 0 Å². The summed E-state index contributed by atoms with van der Waals surface area (Å²) in [4.78, 5) is 15.9. The summed E-state index contributed by atoms with van der Waals surface area (Å²) in [6.45, 7) is 2.43. The fraction of sp³-hybridized carbons (Fsp3) is 0.923. The van der Waals surface area contributed by atoms with Crippen molar-refractivity contribution >= 4 is 5.97 Å². The molecule has 0 aromatic rings. The molecule has 18 heavy (non-hydrogen) atoms. The molecule has 1 unspecified atom stereocenters. The molecule has 104 valence electrons. The number of rotatable bonds is 5. The monoisotopic (exact) mass is 255 g/mol. The molecule has 0 radical (unpaired) electrons. The molecule has 2 rings (SSSR count). The van der Waals surface area contributed by atoms with Crippen molar-refractivity contribution in [3.05, 3.63) is 0 Å². The number of hydrogen-bond acceptors (Lipinski definition) is 4. The predicted molar refractivity (Wildman–Crippen MR) is 70.4 cm³/mol. The van der Waals surface area contributed by atoms with E-state index in [1.807, 2.05) is 0 Å². The van der Waals surface area contributed by atoms with Crippen LogP contribution in [0.2, 0.25) is 0 Å². The lowest BCUT2D eigenvalue weighted by Gasteiger charge is -2.38. The van der Waals surface area contributed by atoms with Crippen LogP contribution in [0.1, 0.15) is 25.7 Å². The molecule has 1 aliphatic carbocycles. The first-order valence-corrected chi connectivity index (χ1v) is 6.84. The van der Waals surface area contributed by atoms with Crippen LogP contribution < -0.4 is 5.73 Å². The van der Waals surface area contributed by atoms with Crippen LogP contribution in [0, 0.1) is 5.92 Å². The Balaban J connectivity index is 1.88. The fourth-order valence-electron chi connectivity index (χ4n) is 2.93. The Morgan fingerprint density at radius 2 is 1.89 bits per heavy atom. The second kappa shape index (κ2) is 5.15. The number of hydrogen-bond donors (Lipinski definition) is 2. The molecule has 2 fully saturated rings. The van der Waals surface area contributed by atoms with Crippen molar-refractivity contribution in [2.45, 2.75) is 37.3 Å². The molecular weight excluding hydrogens is 230 g/mol. The van der Waals surface area contributed by atoms with E-state index in [1.165, 1.54) is 0 Å². The highest BCUT2D eigenvalue weighted by Crippen LogP contribution is 2.39. The third-order valence-electron chi connectivity index (χ3n) is 4.48. The second-order valence-corrected chi connectivity index (χ2v) is 6.09. The lowest BCUT2D eigenvalue weighted by atomic mass is 9.92. The topological polar surface area (TPSA) is 69.8 Å². The Morgan fingerprint density at radius 3 is 2.28 bits per heavy atom. The Kier molecular flexibility index (Phi) is 3.94. The quantitative estimate of drug-likeness (QED) is 0.734. The number of carbonyl (C=O) groups is 1. The van der Waals surface area contributed by atoms with Crippen LogP contribution in [0.3, 0.4) is 0 Å². The van der Waals surface area contributed by atoms with Gasteiger partial charge in [-0.1, -0.05) is 0 Å². The fourth-order valence-corrected chi connectivity index (χ4v) is 2.93. The van der Waals surface area contributed by atoms with Gasteiger partial charge in [-0.2, -0.15) is 0 Å². The van der Waals surface area contributed by atoms with E-state index in [1.54, 1.807) is 0 Å². The van der Waals surface area contributed by atoms with Gasteiger partial charge in [0, 0.05) is 12.6 Å². The molecule has 1 saturated heterocycles. The molecule has 5 nitrogen and oxygen atoms in total. The van der Waals surface area contributed by atoms with E-state index in [-0.39, 0.29) is 5.92 Å². The second-order valence-electron chi connectivity index (χ2n) is 6.09. The van der Waals surface area contributed by atoms with E-state index in [2.05, 4.69) is 23.9 Å². The summed E-state index contributed by atoms with van der Waals surface area (Å²) in [6, 6.07) is 0.624. The molecule has 0 bridgehead atoms. The van der Waals surface area contributed by atoms with E-state index in [4.69, 9.17) is 5.73 Å². The Bertz CT molecular complexity index is 309. The van der Waals surface area contributed by atoms with Gasteiger partial charge in [-0.3, -0.25) is 4.79 Å². The van der Waals surface area contributed by atoms with Crippen molar-refractivity contribution in [1.82, 2.24) is 9.80 Å². The summed E-state index contributed by atoms with van der Waals surface area (Å²) in [6.07, 6.45) is 4.15. The molecule has 0 spiro atoms. The van der Waals surface area contributed by atoms with E-state index in [9.17, 15) is 9.90 Å². The van der Waals surface area contributed by atoms with Gasteiger partial charge in [0.15, 0.2) is 0 Å². The normalized spacial score (nSPS) is 26.2. The Hall–Kier alpha value is -0.650. The number of carboxylic acid groups (broad SMARTS) is 1. The molecule has 3 N–H and O–H groups in total. The van der Waals surface area contributed by atoms with E-state index < -0.39 is 11.5 Å². The van der Waals surface area contributed by atoms with Gasteiger partial charge < -0.3 is 20.6 Å². The predicted octanol–water partition coefficient (Wildman–Crippen LogP) is 0.205. The minimum Gasteiger partial charge on any atom is -0.480 e. The molecule has 1 aliphatic heterocycles. The maximum absolute atomic E-state index is 11.4. The molecule has 5 heteroatoms. The van der Waals surface area contributed by atoms with Gasteiger partial charge in [0.25, 0.3) is 0 Å². The highest BCUT2D eigenvalue weighted by atomic mass is 16.4. The number of carboxylic acids is 1. The summed E-state index contributed by atoms with van der Waals surface area (Å²) in [5, 5.41) is 9.35. The summed E-state index contributed by atoms with van der Waals surface area (Å²) >= 11 is 0. The largest absolute Gasteiger partial charge is 0.480 e. The zero-order valence-corrected chi connectivity index (χ0v) is 11.4. The summed E-state index contributed by atoms with van der Waals surface area (Å²) < 4.78 is 0. The maximum atomic E-state index is 11.4. The molecule has 0 aromatic heterocycles. The van der Waals surface area contributed by atoms with Gasteiger partial charge in [-0.15, -0.1) is 0 Å². The summed E-state index contributed by atoms with van der Waals surface area (Å²) in [5.74, 6) is -0.652. The van der Waals surface area contributed by atoms with Crippen LogP contribution in [0.4, 0.5) is 0 Å². The average molecular weight is 255 g/mol. The van der Waals surface area contributed by atoms with Crippen LogP contribution in [0.15, 0.2) is 0 Å². The number of aliphatic carboxylic acids is 1. The lowest BCUT2D eigenvalue weighted by molar-refractivity contribution is -0.145. The van der Waals surface area contributed by atoms with Crippen molar-refractivity contribution in [3.8, 4) is 0 Å². The Morgan fingerprint density at radius 1 is 1.33 bits per heavy atom. The summed E-state index contributed by atoms with van der Waals surface area (Å²) in [7, 11) is 4.21. The van der Waals surface area contributed by atoms with E-state index in [0.717, 1.165) is 38.8 Å². The standard InChI is InChI=1S/C13H25N3O2/c1-15(2)11-5-7-16(8-6-11)9-13(14,12(17)18)10-3-4-10/h10-11H,3-9,14H2,1-2H3,(H,17,18). The first-order chi connectivity index (χ1) is 8.43. The molecule has 2 aliphatic rings. The van der Waals surface area contributed by atoms with Crippen LogP contribution in [0.25, 0.3) is 0 Å². The van der Waals surface area contributed by atoms with E-state index in [0.29, 0.717) is 12.6 Å². The zero-order chi connectivity index (χ0) is 13.3. The van der Waals surface area contributed by atoms with Crippen LogP contribution >= 0.6 is 0 Å². The number of nitrogens with zero attached hydrogens (tertiary/aromatic N) is 2. The minimum absolute atomic E-state index is 0.182. The van der Waals surface area contributed by atoms with Crippen LogP contribution in [-0.2, 0) is 4.79 Å². The number of likely N-dealkylation sites (tertiary alicyclic amines) is 1. The molecular formula is C13H25N3O2. The smallest absolute Gasteiger partial charge is 0.325 e. The van der Waals surface area contributed by atoms with Gasteiger partial charge in [-0.05, 0) is 58.8 Å². The minimum atomic E-state index is -1.02. The van der Waals surface area contributed by atoms with Gasteiger partial charge in [-0.25, -0.2) is 0 Å². The van der Waals surface area contributed by atoms with Crippen molar-refractivity contribution in [2.75, 3.05) is 33.7 Å². The number of piperidine rings is 1. The first kappa shape index (κ1) is 13.8.